The molecule has 16 nitrogen and oxygen atoms in total. The van der Waals surface area contributed by atoms with E-state index in [9.17, 15) is 42.1 Å². The van der Waals surface area contributed by atoms with E-state index in [2.05, 4.69) is 157 Å². The fourth-order valence-electron chi connectivity index (χ4n) is 11.1. The van der Waals surface area contributed by atoms with Crippen molar-refractivity contribution in [2.75, 3.05) is 29.4 Å². The van der Waals surface area contributed by atoms with E-state index in [1.54, 1.807) is 24.3 Å². The van der Waals surface area contributed by atoms with Crippen LogP contribution in [0.1, 0.15) is 59.4 Å². The molecule has 0 atom stereocenters. The first kappa shape index (κ1) is 87.9. The van der Waals surface area contributed by atoms with Gasteiger partial charge in [-0.3, -0.25) is 0 Å². The van der Waals surface area contributed by atoms with Crippen LogP contribution in [0.5, 0.6) is 0 Å². The molecule has 8 aromatic rings. The standard InChI is InChI=1S/2C35H29ClN2O3S.3CH3ClO2S.2CH4.2ClH/c2*1-21-9-7-10-22(2)34(21)37-25-15-17-27-30(19-25)41-31-20-26(38-35-23(3)11-8-12-24(35)4)16-18-28(31)33(27)29-13-5-6-14-32(29)42(36,39)40;3*1-5(2,3)4;;;;/h2*5-20,37H,1-4H3;3*1H3;2*1H4;2*1H. The topological polar surface area (TPSA) is 249 Å². The molecule has 2 aliphatic carbocycles. The summed E-state index contributed by atoms with van der Waals surface area (Å²) < 4.78 is 120. The number of rotatable bonds is 10. The Morgan fingerprint density at radius 2 is 0.602 bits per heavy atom. The van der Waals surface area contributed by atoms with Gasteiger partial charge in [-0.1, -0.05) is 124 Å². The summed E-state index contributed by atoms with van der Waals surface area (Å²) in [6.45, 7) is 16.6. The molecule has 2 heterocycles. The Morgan fingerprint density at radius 3 is 0.883 bits per heavy atom. The highest BCUT2D eigenvalue weighted by Gasteiger charge is 2.27. The van der Waals surface area contributed by atoms with Gasteiger partial charge < -0.3 is 44.3 Å². The second kappa shape index (κ2) is 36.5. The Hall–Kier alpha value is -7.48. The van der Waals surface area contributed by atoms with E-state index in [1.807, 2.05) is 109 Å². The third kappa shape index (κ3) is 24.3. The molecule has 28 heteroatoms. The maximum absolute atomic E-state index is 12.7. The summed E-state index contributed by atoms with van der Waals surface area (Å²) in [5, 5.41) is 10.4. The molecule has 0 saturated heterocycles. The van der Waals surface area contributed by atoms with E-state index in [4.69, 9.17) is 30.2 Å². The molecule has 548 valence electrons. The Bertz CT molecular complexity index is 5290. The number of halogens is 7. The summed E-state index contributed by atoms with van der Waals surface area (Å²) in [6, 6.07) is 61.9. The van der Waals surface area contributed by atoms with Crippen LogP contribution in [0.25, 0.3) is 66.8 Å². The fraction of sp³-hybridized carbons (Fsp3) is 0.173. The van der Waals surface area contributed by atoms with Crippen LogP contribution in [0.3, 0.4) is 0 Å². The Morgan fingerprint density at radius 1 is 0.330 bits per heavy atom. The molecule has 0 bridgehead atoms. The number of benzene rings is 10. The van der Waals surface area contributed by atoms with Gasteiger partial charge in [-0.25, -0.2) is 52.1 Å². The predicted molar refractivity (Wildman–Crippen MR) is 416 cm³/mol. The first-order chi connectivity index (χ1) is 46.2. The molecule has 103 heavy (non-hydrogen) atoms. The summed E-state index contributed by atoms with van der Waals surface area (Å²) in [4.78, 5) is 7.19. The summed E-state index contributed by atoms with van der Waals surface area (Å²) in [5.41, 5.74) is 20.2. The number of hydrogen-bond acceptors (Lipinski definition) is 14. The van der Waals surface area contributed by atoms with Crippen LogP contribution in [0.2, 0.25) is 0 Å². The molecule has 0 spiro atoms. The lowest BCUT2D eigenvalue weighted by atomic mass is 9.93. The molecule has 4 N–H and O–H groups in total. The van der Waals surface area contributed by atoms with Gasteiger partial charge in [0, 0.05) is 167 Å². The van der Waals surface area contributed by atoms with Crippen molar-refractivity contribution >= 4 is 155 Å². The number of para-hydroxylation sites is 4. The second-order valence-corrected chi connectivity index (χ2v) is 37.5. The zero-order valence-electron chi connectivity index (χ0n) is 56.1. The summed E-state index contributed by atoms with van der Waals surface area (Å²) in [6.07, 6.45) is 2.78. The number of anilines is 4. The van der Waals surface area contributed by atoms with E-state index in [1.165, 1.54) is 12.1 Å². The van der Waals surface area contributed by atoms with Crippen LogP contribution in [0.15, 0.2) is 213 Å². The number of fused-ring (bicyclic) bond motifs is 4. The smallest absolute Gasteiger partial charge is 0.261 e. The van der Waals surface area contributed by atoms with Gasteiger partial charge >= 0.3 is 0 Å². The van der Waals surface area contributed by atoms with Crippen molar-refractivity contribution in [1.29, 1.82) is 0 Å². The first-order valence-electron chi connectivity index (χ1n) is 30.0. The van der Waals surface area contributed by atoms with Gasteiger partial charge in [0.15, 0.2) is 0 Å². The van der Waals surface area contributed by atoms with Crippen molar-refractivity contribution in [3.05, 3.63) is 249 Å². The van der Waals surface area contributed by atoms with Gasteiger partial charge in [0.05, 0.1) is 40.7 Å². The molecule has 0 unspecified atom stereocenters. The van der Waals surface area contributed by atoms with E-state index in [-0.39, 0.29) is 49.5 Å². The largest absolute Gasteiger partial charge is 1.00 e. The van der Waals surface area contributed by atoms with E-state index in [0.717, 1.165) is 141 Å². The van der Waals surface area contributed by atoms with Crippen molar-refractivity contribution in [2.24, 2.45) is 0 Å². The molecule has 2 aliphatic heterocycles. The minimum Gasteiger partial charge on any atom is -1.00 e. The molecule has 0 aromatic heterocycles. The van der Waals surface area contributed by atoms with Gasteiger partial charge in [-0.15, -0.1) is 0 Å². The third-order valence-electron chi connectivity index (χ3n) is 15.3. The minimum atomic E-state index is -4.02. The van der Waals surface area contributed by atoms with Crippen LogP contribution in [-0.2, 0) is 45.3 Å². The molecule has 8 aromatic carbocycles. The zero-order chi connectivity index (χ0) is 72.7. The van der Waals surface area contributed by atoms with E-state index >= 15 is 0 Å². The second-order valence-electron chi connectivity index (χ2n) is 23.3. The quantitative estimate of drug-likeness (QED) is 0.0735. The third-order valence-corrected chi connectivity index (χ3v) is 18.0. The Kier molecular flexibility index (Phi) is 31.1. The van der Waals surface area contributed by atoms with Crippen molar-refractivity contribution in [3.8, 4) is 44.9 Å². The van der Waals surface area contributed by atoms with E-state index in [0.29, 0.717) is 33.8 Å². The van der Waals surface area contributed by atoms with Gasteiger partial charge in [0.2, 0.25) is 49.2 Å². The van der Waals surface area contributed by atoms with Gasteiger partial charge in [0.1, 0.15) is 22.7 Å². The summed E-state index contributed by atoms with van der Waals surface area (Å²) in [5.74, 6) is 1.22. The van der Waals surface area contributed by atoms with Gasteiger partial charge in [0.25, 0.3) is 18.1 Å². The SMILES string of the molecule is C.C.CS(=O)(=O)Cl.CS(=O)(=O)Cl.CS(=O)(=O)Cl.Cc1cccc(C)c1Nc1ccc2c(-c3ccccc3S(=O)(=O)Cl)c3ccc(=[NH+]c4c(C)cccc4C)cc-3oc2c1.Cc1cccc(C)c1Nc1ccc2c(-c3ccccc3S(=O)(=O)Cl)c3ccc(=[NH+]c4c(C)cccc4C)cc-3oc2c1.[Cl-].[Cl-]. The lowest BCUT2D eigenvalue weighted by Gasteiger charge is -2.18. The van der Waals surface area contributed by atoms with Gasteiger partial charge in [-0.2, -0.15) is 0 Å². The molecule has 4 aliphatic rings. The number of aryl methyl sites for hydroxylation is 8. The predicted octanol–water partition coefficient (Wildman–Crippen LogP) is 10.7. The molecule has 0 radical (unpaired) electrons. The average molecular weight is 1630 g/mol. The van der Waals surface area contributed by atoms with Gasteiger partial charge in [-0.05, 0) is 126 Å². The molecule has 0 fully saturated rings. The van der Waals surface area contributed by atoms with Crippen molar-refractivity contribution in [1.82, 2.24) is 0 Å². The fourth-order valence-corrected chi connectivity index (χ4v) is 13.2. The minimum absolute atomic E-state index is 0. The maximum Gasteiger partial charge on any atom is 0.261 e. The van der Waals surface area contributed by atoms with Crippen LogP contribution < -0.4 is 56.1 Å². The van der Waals surface area contributed by atoms with Crippen molar-refractivity contribution in [2.45, 2.75) is 80.0 Å². The first-order valence-corrected chi connectivity index (χ1v) is 42.7. The van der Waals surface area contributed by atoms with Crippen molar-refractivity contribution < 1.29 is 85.7 Å². The zero-order valence-corrected chi connectivity index (χ0v) is 65.4. The molecule has 0 amide bonds. The highest BCUT2D eigenvalue weighted by Crippen LogP contribution is 2.46. The lowest BCUT2D eigenvalue weighted by Crippen LogP contribution is -3.00. The van der Waals surface area contributed by atoms with Crippen LogP contribution in [0.4, 0.5) is 34.1 Å². The monoisotopic (exact) mass is 1630 g/mol. The lowest BCUT2D eigenvalue weighted by molar-refractivity contribution is -0.404. The summed E-state index contributed by atoms with van der Waals surface area (Å²) >= 11 is 0. The highest BCUT2D eigenvalue weighted by atomic mass is 35.7. The van der Waals surface area contributed by atoms with Crippen molar-refractivity contribution in [3.63, 3.8) is 0 Å². The highest BCUT2D eigenvalue weighted by molar-refractivity contribution is 8.14. The average Bonchev–Trinajstić information content (AvgIpc) is 0.749. The van der Waals surface area contributed by atoms with Crippen LogP contribution >= 0.6 is 53.4 Å². The summed E-state index contributed by atoms with van der Waals surface area (Å²) in [7, 11) is 7.76. The van der Waals surface area contributed by atoms with Crippen LogP contribution in [-0.4, -0.2) is 60.9 Å². The normalized spacial score (nSPS) is 11.7. The Labute approximate surface area is 638 Å². The maximum atomic E-state index is 12.7. The molecular weight excluding hydrogens is 1560 g/mol. The molecule has 12 rings (SSSR count). The Balaban J connectivity index is 0.000000353. The molecular formula is C75H77Cl7N4O12S5. The van der Waals surface area contributed by atoms with Crippen LogP contribution in [0, 0.1) is 55.4 Å². The number of hydrogen-bond donors (Lipinski definition) is 4. The molecule has 0 saturated carbocycles. The number of nitrogens with one attached hydrogen (secondary N) is 4. The van der Waals surface area contributed by atoms with E-state index < -0.39 is 45.3 Å².